The molecule has 0 unspecified atom stereocenters. The van der Waals surface area contributed by atoms with Crippen LogP contribution in [0.15, 0.2) is 53.4 Å². The Labute approximate surface area is 124 Å². The van der Waals surface area contributed by atoms with Crippen molar-refractivity contribution in [2.45, 2.75) is 24.2 Å². The molecule has 1 aliphatic heterocycles. The van der Waals surface area contributed by atoms with Crippen molar-refractivity contribution >= 4 is 15.7 Å². The van der Waals surface area contributed by atoms with Crippen LogP contribution in [0.4, 0.5) is 5.69 Å². The van der Waals surface area contributed by atoms with Gasteiger partial charge in [0.05, 0.1) is 10.6 Å². The molecule has 1 N–H and O–H groups in total. The van der Waals surface area contributed by atoms with E-state index in [1.165, 1.54) is 28.6 Å². The molecule has 110 valence electrons. The van der Waals surface area contributed by atoms with Crippen molar-refractivity contribution in [2.75, 3.05) is 10.8 Å². The van der Waals surface area contributed by atoms with Crippen LogP contribution < -0.4 is 4.31 Å². The van der Waals surface area contributed by atoms with Crippen molar-refractivity contribution in [3.05, 3.63) is 54.1 Å². The van der Waals surface area contributed by atoms with Crippen molar-refractivity contribution in [3.63, 3.8) is 0 Å². The van der Waals surface area contributed by atoms with Crippen LogP contribution in [0.5, 0.6) is 5.75 Å². The van der Waals surface area contributed by atoms with Gasteiger partial charge in [0.15, 0.2) is 0 Å². The number of sulfonamides is 1. The number of fused-ring (bicyclic) bond motifs is 1. The smallest absolute Gasteiger partial charge is 0.264 e. The highest BCUT2D eigenvalue weighted by molar-refractivity contribution is 7.92. The molecule has 0 bridgehead atoms. The number of nitrogens with zero attached hydrogens (tertiary/aromatic N) is 1. The van der Waals surface area contributed by atoms with Crippen LogP contribution in [-0.2, 0) is 16.4 Å². The van der Waals surface area contributed by atoms with E-state index in [1.807, 2.05) is 24.3 Å². The summed E-state index contributed by atoms with van der Waals surface area (Å²) in [5.41, 5.74) is 1.83. The summed E-state index contributed by atoms with van der Waals surface area (Å²) in [6.07, 6.45) is 2.72. The Bertz CT molecular complexity index is 738. The first-order valence-corrected chi connectivity index (χ1v) is 8.43. The molecule has 0 atom stereocenters. The van der Waals surface area contributed by atoms with Gasteiger partial charge in [-0.2, -0.15) is 0 Å². The number of aromatic hydroxyl groups is 1. The fraction of sp³-hybridized carbons (Fsp3) is 0.250. The van der Waals surface area contributed by atoms with E-state index < -0.39 is 10.0 Å². The Morgan fingerprint density at radius 3 is 2.43 bits per heavy atom. The Morgan fingerprint density at radius 1 is 0.952 bits per heavy atom. The fourth-order valence-electron chi connectivity index (χ4n) is 2.65. The maximum absolute atomic E-state index is 12.9. The van der Waals surface area contributed by atoms with Crippen LogP contribution >= 0.6 is 0 Å². The minimum Gasteiger partial charge on any atom is -0.508 e. The lowest BCUT2D eigenvalue weighted by molar-refractivity contribution is 0.475. The first-order chi connectivity index (χ1) is 10.1. The van der Waals surface area contributed by atoms with Gasteiger partial charge in [-0.25, -0.2) is 8.42 Å². The second-order valence-electron chi connectivity index (χ2n) is 5.16. The monoisotopic (exact) mass is 303 g/mol. The van der Waals surface area contributed by atoms with Gasteiger partial charge >= 0.3 is 0 Å². The lowest BCUT2D eigenvalue weighted by atomic mass is 10.1. The zero-order chi connectivity index (χ0) is 14.9. The lowest BCUT2D eigenvalue weighted by Crippen LogP contribution is -2.31. The standard InChI is InChI=1S/C16H17NO3S/c18-14-8-10-15(11-9-14)21(19,20)17-12-4-3-6-13-5-1-2-7-16(13)17/h1-2,5,7-11,18H,3-4,6,12H2. The molecule has 0 amide bonds. The Balaban J connectivity index is 2.08. The van der Waals surface area contributed by atoms with E-state index >= 15 is 0 Å². The van der Waals surface area contributed by atoms with Gasteiger partial charge in [-0.3, -0.25) is 4.31 Å². The molecule has 0 spiro atoms. The number of aryl methyl sites for hydroxylation is 1. The molecular formula is C16H17NO3S. The summed E-state index contributed by atoms with van der Waals surface area (Å²) in [6.45, 7) is 0.486. The van der Waals surface area contributed by atoms with E-state index in [2.05, 4.69) is 0 Å². The maximum atomic E-state index is 12.9. The van der Waals surface area contributed by atoms with Crippen molar-refractivity contribution in [2.24, 2.45) is 0 Å². The minimum absolute atomic E-state index is 0.0604. The van der Waals surface area contributed by atoms with Crippen molar-refractivity contribution in [1.82, 2.24) is 0 Å². The topological polar surface area (TPSA) is 57.6 Å². The number of para-hydroxylation sites is 1. The van der Waals surface area contributed by atoms with E-state index in [-0.39, 0.29) is 10.6 Å². The summed E-state index contributed by atoms with van der Waals surface area (Å²) in [5, 5.41) is 9.33. The third kappa shape index (κ3) is 2.61. The maximum Gasteiger partial charge on any atom is 0.264 e. The quantitative estimate of drug-likeness (QED) is 0.928. The molecule has 21 heavy (non-hydrogen) atoms. The normalized spacial score (nSPS) is 15.3. The van der Waals surface area contributed by atoms with Crippen LogP contribution in [-0.4, -0.2) is 20.1 Å². The van der Waals surface area contributed by atoms with Crippen LogP contribution in [0.3, 0.4) is 0 Å². The Morgan fingerprint density at radius 2 is 1.67 bits per heavy atom. The van der Waals surface area contributed by atoms with Gasteiger partial charge in [0.1, 0.15) is 5.75 Å². The first-order valence-electron chi connectivity index (χ1n) is 6.99. The molecule has 0 aromatic heterocycles. The SMILES string of the molecule is O=S(=O)(c1ccc(O)cc1)N1CCCCc2ccccc21. The molecule has 0 radical (unpaired) electrons. The molecule has 4 nitrogen and oxygen atoms in total. The van der Waals surface area contributed by atoms with E-state index in [4.69, 9.17) is 0 Å². The molecule has 0 aliphatic carbocycles. The number of phenols is 1. The average Bonchev–Trinajstić information content (AvgIpc) is 2.70. The van der Waals surface area contributed by atoms with Gasteiger partial charge in [0.2, 0.25) is 0 Å². The van der Waals surface area contributed by atoms with E-state index in [0.717, 1.165) is 30.5 Å². The van der Waals surface area contributed by atoms with Gasteiger partial charge in [-0.1, -0.05) is 18.2 Å². The summed E-state index contributed by atoms with van der Waals surface area (Å²) < 4.78 is 27.2. The first kappa shape index (κ1) is 13.9. The summed E-state index contributed by atoms with van der Waals surface area (Å²) in [7, 11) is -3.59. The number of hydrogen-bond donors (Lipinski definition) is 1. The molecule has 5 heteroatoms. The highest BCUT2D eigenvalue weighted by Gasteiger charge is 2.27. The van der Waals surface area contributed by atoms with Gasteiger partial charge in [0, 0.05) is 6.54 Å². The summed E-state index contributed by atoms with van der Waals surface area (Å²) in [5.74, 6) is 0.0604. The van der Waals surface area contributed by atoms with E-state index in [9.17, 15) is 13.5 Å². The van der Waals surface area contributed by atoms with Gasteiger partial charge < -0.3 is 5.11 Å². The van der Waals surface area contributed by atoms with Crippen LogP contribution in [0.2, 0.25) is 0 Å². The second kappa shape index (κ2) is 5.41. The molecule has 0 saturated carbocycles. The van der Waals surface area contributed by atoms with Crippen LogP contribution in [0.25, 0.3) is 0 Å². The molecule has 2 aromatic carbocycles. The third-order valence-corrected chi connectivity index (χ3v) is 5.57. The molecule has 0 saturated heterocycles. The fourth-order valence-corrected chi connectivity index (χ4v) is 4.19. The zero-order valence-electron chi connectivity index (χ0n) is 11.6. The molecular weight excluding hydrogens is 286 g/mol. The average molecular weight is 303 g/mol. The third-order valence-electron chi connectivity index (χ3n) is 3.74. The predicted molar refractivity (Wildman–Crippen MR) is 82.0 cm³/mol. The minimum atomic E-state index is -3.59. The highest BCUT2D eigenvalue weighted by Crippen LogP contribution is 2.31. The second-order valence-corrected chi connectivity index (χ2v) is 7.02. The highest BCUT2D eigenvalue weighted by atomic mass is 32.2. The number of hydrogen-bond acceptors (Lipinski definition) is 3. The summed E-state index contributed by atoms with van der Waals surface area (Å²) in [4.78, 5) is 0.206. The number of anilines is 1. The van der Waals surface area contributed by atoms with Gasteiger partial charge in [-0.15, -0.1) is 0 Å². The summed E-state index contributed by atoms with van der Waals surface area (Å²) in [6, 6.07) is 13.3. The Kier molecular flexibility index (Phi) is 3.59. The number of benzene rings is 2. The Hall–Kier alpha value is -2.01. The van der Waals surface area contributed by atoms with Gasteiger partial charge in [-0.05, 0) is 55.2 Å². The molecule has 2 aromatic rings. The van der Waals surface area contributed by atoms with Crippen molar-refractivity contribution < 1.29 is 13.5 Å². The molecule has 0 fully saturated rings. The predicted octanol–water partition coefficient (Wildman–Crippen LogP) is 2.92. The number of phenolic OH excluding ortho intramolecular Hbond substituents is 1. The number of rotatable bonds is 2. The molecule has 1 aliphatic rings. The zero-order valence-corrected chi connectivity index (χ0v) is 12.4. The van der Waals surface area contributed by atoms with Crippen molar-refractivity contribution in [3.8, 4) is 5.75 Å². The van der Waals surface area contributed by atoms with E-state index in [0.29, 0.717) is 6.54 Å². The van der Waals surface area contributed by atoms with Crippen LogP contribution in [0, 0.1) is 0 Å². The molecule has 1 heterocycles. The van der Waals surface area contributed by atoms with Crippen LogP contribution in [0.1, 0.15) is 18.4 Å². The molecule has 3 rings (SSSR count). The lowest BCUT2D eigenvalue weighted by Gasteiger charge is -2.24. The van der Waals surface area contributed by atoms with Crippen molar-refractivity contribution in [1.29, 1.82) is 0 Å². The summed E-state index contributed by atoms with van der Waals surface area (Å²) >= 11 is 0. The largest absolute Gasteiger partial charge is 0.508 e. The van der Waals surface area contributed by atoms with E-state index in [1.54, 1.807) is 0 Å². The van der Waals surface area contributed by atoms with Gasteiger partial charge in [0.25, 0.3) is 10.0 Å².